The van der Waals surface area contributed by atoms with E-state index in [-0.39, 0.29) is 77.3 Å². The van der Waals surface area contributed by atoms with E-state index in [2.05, 4.69) is 15.6 Å². The summed E-state index contributed by atoms with van der Waals surface area (Å²) in [5.41, 5.74) is 0. The normalized spacial score (nSPS) is 23.2. The molecule has 2 heterocycles. The van der Waals surface area contributed by atoms with Crippen molar-refractivity contribution < 1.29 is 46.6 Å². The number of nitrogens with zero attached hydrogens (tertiary/aromatic N) is 5. The van der Waals surface area contributed by atoms with Crippen LogP contribution >= 0.6 is 0 Å². The molecule has 2 N–H and O–H groups in total. The molecule has 17 nitrogen and oxygen atoms in total. The summed E-state index contributed by atoms with van der Waals surface area (Å²) in [6.07, 6.45) is 14.9. The Labute approximate surface area is 331 Å². The molecule has 2 atom stereocenters. The number of esters is 1. The Bertz CT molecular complexity index is 1450. The van der Waals surface area contributed by atoms with Crippen molar-refractivity contribution in [3.8, 4) is 0 Å². The highest BCUT2D eigenvalue weighted by molar-refractivity contribution is 7.86. The number of amides is 5. The molecule has 0 bridgehead atoms. The number of hydrogen-bond donors (Lipinski definition) is 2. The van der Waals surface area contributed by atoms with Gasteiger partial charge in [0, 0.05) is 46.8 Å². The van der Waals surface area contributed by atoms with E-state index in [1.54, 1.807) is 0 Å². The Morgan fingerprint density at radius 3 is 1.64 bits per heavy atom. The third-order valence-electron chi connectivity index (χ3n) is 11.9. The number of ether oxygens (including phenoxy) is 3. The lowest BCUT2D eigenvalue weighted by molar-refractivity contribution is -0.171. The minimum atomic E-state index is -3.67. The van der Waals surface area contributed by atoms with E-state index in [0.717, 1.165) is 92.7 Å². The second kappa shape index (κ2) is 21.3. The van der Waals surface area contributed by atoms with Crippen LogP contribution in [0.25, 0.3) is 0 Å². The molecule has 18 heteroatoms. The molecule has 2 aliphatic heterocycles. The second-order valence-electron chi connectivity index (χ2n) is 16.2. The number of aliphatic imine (C=N–C) groups is 1. The Hall–Kier alpha value is -3.51. The Kier molecular flexibility index (Phi) is 16.6. The first kappa shape index (κ1) is 43.6. The van der Waals surface area contributed by atoms with Gasteiger partial charge >= 0.3 is 24.2 Å². The van der Waals surface area contributed by atoms with Crippen molar-refractivity contribution in [3.05, 3.63) is 0 Å². The molecule has 5 aliphatic rings. The lowest BCUT2D eigenvalue weighted by Gasteiger charge is -2.46. The van der Waals surface area contributed by atoms with E-state index in [9.17, 15) is 32.4 Å². The summed E-state index contributed by atoms with van der Waals surface area (Å²) in [6, 6.07) is -1.79. The van der Waals surface area contributed by atoms with Crippen LogP contribution in [0, 0.1) is 23.7 Å². The molecule has 316 valence electrons. The number of carbonyl (C=O) groups excluding carboxylic acids is 5. The predicted molar refractivity (Wildman–Crippen MR) is 206 cm³/mol. The van der Waals surface area contributed by atoms with E-state index < -0.39 is 52.3 Å². The SMILES string of the molecule is CN(C)S(=O)(=O)N1CCN(C(=O)N2C(=O)[C@H](CCCN=C(NC(=O)OCC3CCCCC3)NC(=O)OCC3CCCCC3)C2C(=O)OCC2CCCCC2)CC1. The summed E-state index contributed by atoms with van der Waals surface area (Å²) >= 11 is 0. The Balaban J connectivity index is 1.19. The molecular weight excluding hydrogens is 747 g/mol. The fourth-order valence-electron chi connectivity index (χ4n) is 8.42. The number of carbonyl (C=O) groups is 5. The van der Waals surface area contributed by atoms with Crippen LogP contribution < -0.4 is 10.6 Å². The van der Waals surface area contributed by atoms with Gasteiger partial charge in [-0.05, 0) is 69.1 Å². The maximum Gasteiger partial charge on any atom is 0.413 e. The van der Waals surface area contributed by atoms with Crippen molar-refractivity contribution in [3.63, 3.8) is 0 Å². The van der Waals surface area contributed by atoms with E-state index in [1.165, 1.54) is 36.1 Å². The number of imide groups is 1. The first-order valence-electron chi connectivity index (χ1n) is 20.8. The molecule has 3 saturated carbocycles. The summed E-state index contributed by atoms with van der Waals surface area (Å²) in [5.74, 6) is -1.32. The first-order chi connectivity index (χ1) is 26.9. The van der Waals surface area contributed by atoms with Crippen molar-refractivity contribution in [2.75, 3.05) is 66.6 Å². The fourth-order valence-corrected chi connectivity index (χ4v) is 9.50. The maximum absolute atomic E-state index is 13.7. The van der Waals surface area contributed by atoms with Gasteiger partial charge < -0.3 is 19.1 Å². The molecule has 0 spiro atoms. The van der Waals surface area contributed by atoms with Gasteiger partial charge in [-0.2, -0.15) is 17.0 Å². The number of alkyl carbamates (subject to hydrolysis) is 2. The molecule has 1 unspecified atom stereocenters. The van der Waals surface area contributed by atoms with Gasteiger partial charge in [-0.3, -0.25) is 20.4 Å². The van der Waals surface area contributed by atoms with Crippen LogP contribution in [0.4, 0.5) is 14.4 Å². The summed E-state index contributed by atoms with van der Waals surface area (Å²) in [7, 11) is -0.791. The highest BCUT2D eigenvalue weighted by atomic mass is 32.2. The quantitative estimate of drug-likeness (QED) is 0.0679. The lowest BCUT2D eigenvalue weighted by atomic mass is 9.83. The van der Waals surface area contributed by atoms with Crippen molar-refractivity contribution in [2.45, 2.75) is 115 Å². The average molecular weight is 810 g/mol. The summed E-state index contributed by atoms with van der Waals surface area (Å²) in [5, 5.41) is 5.07. The molecule has 3 aliphatic carbocycles. The summed E-state index contributed by atoms with van der Waals surface area (Å²) in [6.45, 7) is 1.07. The number of nitrogens with one attached hydrogen (secondary N) is 2. The molecule has 56 heavy (non-hydrogen) atoms. The van der Waals surface area contributed by atoms with Crippen LogP contribution in [0.1, 0.15) is 109 Å². The minimum Gasteiger partial charge on any atom is -0.464 e. The molecule has 5 fully saturated rings. The average Bonchev–Trinajstić information content (AvgIpc) is 3.21. The number of urea groups is 1. The van der Waals surface area contributed by atoms with Gasteiger partial charge in [0.25, 0.3) is 10.2 Å². The third-order valence-corrected chi connectivity index (χ3v) is 13.8. The molecule has 0 aromatic carbocycles. The first-order valence-corrected chi connectivity index (χ1v) is 22.2. The number of piperazine rings is 1. The van der Waals surface area contributed by atoms with Crippen LogP contribution in [-0.4, -0.2) is 136 Å². The largest absolute Gasteiger partial charge is 0.464 e. The van der Waals surface area contributed by atoms with Crippen molar-refractivity contribution in [1.82, 2.24) is 29.0 Å². The fraction of sp³-hybridized carbons (Fsp3) is 0.842. The molecule has 5 rings (SSSR count). The van der Waals surface area contributed by atoms with Crippen molar-refractivity contribution in [1.29, 1.82) is 0 Å². The minimum absolute atomic E-state index is 0.0547. The van der Waals surface area contributed by atoms with Crippen LogP contribution in [0.15, 0.2) is 4.99 Å². The second-order valence-corrected chi connectivity index (χ2v) is 18.3. The van der Waals surface area contributed by atoms with E-state index >= 15 is 0 Å². The van der Waals surface area contributed by atoms with Gasteiger partial charge in [-0.25, -0.2) is 24.1 Å². The Morgan fingerprint density at radius 1 is 0.714 bits per heavy atom. The van der Waals surface area contributed by atoms with Crippen LogP contribution in [0.3, 0.4) is 0 Å². The van der Waals surface area contributed by atoms with Gasteiger partial charge in [0.05, 0.1) is 25.7 Å². The number of β-lactam (4-membered cyclic amide) rings is 1. The van der Waals surface area contributed by atoms with E-state index in [4.69, 9.17) is 14.2 Å². The van der Waals surface area contributed by atoms with Gasteiger partial charge in [0.15, 0.2) is 6.04 Å². The third kappa shape index (κ3) is 12.2. The highest BCUT2D eigenvalue weighted by Crippen LogP contribution is 2.34. The molecule has 0 aromatic heterocycles. The van der Waals surface area contributed by atoms with Crippen LogP contribution in [-0.2, 0) is 34.0 Å². The van der Waals surface area contributed by atoms with Crippen LogP contribution in [0.2, 0.25) is 0 Å². The summed E-state index contributed by atoms with van der Waals surface area (Å²) in [4.78, 5) is 73.1. The monoisotopic (exact) mass is 809 g/mol. The number of likely N-dealkylation sites (tertiary alicyclic amines) is 1. The zero-order chi connectivity index (χ0) is 40.1. The molecule has 0 aromatic rings. The van der Waals surface area contributed by atoms with E-state index in [0.29, 0.717) is 11.8 Å². The predicted octanol–water partition coefficient (Wildman–Crippen LogP) is 4.23. The Morgan fingerprint density at radius 2 is 1.18 bits per heavy atom. The smallest absolute Gasteiger partial charge is 0.413 e. The lowest BCUT2D eigenvalue weighted by Crippen LogP contribution is -2.69. The highest BCUT2D eigenvalue weighted by Gasteiger charge is 2.56. The zero-order valence-electron chi connectivity index (χ0n) is 33.3. The summed E-state index contributed by atoms with van der Waals surface area (Å²) < 4.78 is 44.3. The van der Waals surface area contributed by atoms with Crippen LogP contribution in [0.5, 0.6) is 0 Å². The number of guanidine groups is 1. The van der Waals surface area contributed by atoms with Gasteiger partial charge in [0.2, 0.25) is 11.9 Å². The van der Waals surface area contributed by atoms with Crippen molar-refractivity contribution in [2.24, 2.45) is 28.7 Å². The topological polar surface area (TPSA) is 197 Å². The number of rotatable bonds is 13. The van der Waals surface area contributed by atoms with Crippen molar-refractivity contribution >= 4 is 46.3 Å². The zero-order valence-corrected chi connectivity index (χ0v) is 34.1. The molecule has 0 radical (unpaired) electrons. The van der Waals surface area contributed by atoms with Gasteiger partial charge in [-0.15, -0.1) is 0 Å². The molecule has 5 amide bonds. The van der Waals surface area contributed by atoms with E-state index in [1.807, 2.05) is 0 Å². The van der Waals surface area contributed by atoms with Gasteiger partial charge in [0.1, 0.15) is 0 Å². The standard InChI is InChI=1S/C38H63N7O10S/c1-42(2)56(51,52)44-23-21-43(22-24-44)38(50)45-32(34(47)53-25-28-13-6-3-7-14-28)31(33(45)46)19-12-20-39-35(40-36(48)54-26-29-15-8-4-9-16-29)41-37(49)55-27-30-17-10-5-11-18-30/h28-32H,3-27H2,1-2H3,(H2,39,40,41,48,49)/t31-,32?/m1/s1. The maximum atomic E-state index is 13.7. The number of hydrogen-bond acceptors (Lipinski definition) is 11. The van der Waals surface area contributed by atoms with Gasteiger partial charge in [-0.1, -0.05) is 57.8 Å². The molecule has 2 saturated heterocycles. The molecular formula is C38H63N7O10S.